The minimum absolute atomic E-state index is 0.278. The van der Waals surface area contributed by atoms with Crippen molar-refractivity contribution in [2.45, 2.75) is 5.92 Å². The molecule has 0 aromatic carbocycles. The quantitative estimate of drug-likeness (QED) is 0.746. The number of nitriles is 1. The highest BCUT2D eigenvalue weighted by Gasteiger charge is 2.22. The topological polar surface area (TPSA) is 66.6 Å². The number of hydrogen-bond acceptors (Lipinski definition) is 4. The number of aromatic nitrogens is 2. The molecule has 0 aliphatic heterocycles. The highest BCUT2D eigenvalue weighted by molar-refractivity contribution is 6.02. The van der Waals surface area contributed by atoms with Crippen LogP contribution in [-0.2, 0) is 0 Å². The van der Waals surface area contributed by atoms with Gasteiger partial charge >= 0.3 is 0 Å². The van der Waals surface area contributed by atoms with Gasteiger partial charge in [-0.2, -0.15) is 5.26 Å². The van der Waals surface area contributed by atoms with E-state index in [4.69, 9.17) is 5.26 Å². The lowest BCUT2D eigenvalue weighted by atomic mass is 9.96. The molecule has 82 valence electrons. The van der Waals surface area contributed by atoms with Gasteiger partial charge < -0.3 is 0 Å². The highest BCUT2D eigenvalue weighted by atomic mass is 16.1. The number of carbonyl (C=O) groups is 1. The Kier molecular flexibility index (Phi) is 3.22. The van der Waals surface area contributed by atoms with Crippen LogP contribution in [0.2, 0.25) is 0 Å². The van der Waals surface area contributed by atoms with Gasteiger partial charge in [0.2, 0.25) is 0 Å². The van der Waals surface area contributed by atoms with E-state index in [9.17, 15) is 4.79 Å². The fourth-order valence-electron chi connectivity index (χ4n) is 1.48. The van der Waals surface area contributed by atoms with Gasteiger partial charge in [0.1, 0.15) is 0 Å². The molecule has 1 atom stereocenters. The number of hydrogen-bond donors (Lipinski definition) is 0. The van der Waals surface area contributed by atoms with E-state index in [0.29, 0.717) is 11.3 Å². The molecule has 2 rings (SSSR count). The lowest BCUT2D eigenvalue weighted by Crippen LogP contribution is -2.12. The summed E-state index contributed by atoms with van der Waals surface area (Å²) in [5.41, 5.74) is 0.883. The molecular weight excluding hydrogens is 214 g/mol. The predicted octanol–water partition coefficient (Wildman–Crippen LogP) is 1.97. The summed E-state index contributed by atoms with van der Waals surface area (Å²) < 4.78 is 0. The van der Waals surface area contributed by atoms with E-state index < -0.39 is 5.92 Å². The Morgan fingerprint density at radius 1 is 1.24 bits per heavy atom. The normalized spacial score (nSPS) is 11.5. The Hall–Kier alpha value is -2.54. The number of Topliss-reactive ketones (excluding diaryl/α,β-unsaturated/α-hetero) is 1. The van der Waals surface area contributed by atoms with Crippen molar-refractivity contribution >= 4 is 5.78 Å². The second-order valence-electron chi connectivity index (χ2n) is 3.42. The standard InChI is InChI=1S/C13H9N3O/c14-8-11(12-5-1-2-7-16-12)13(17)10-4-3-6-15-9-10/h1-7,9,11H/t11-/m0/s1. The van der Waals surface area contributed by atoms with Crippen LogP contribution in [0, 0.1) is 11.3 Å². The van der Waals surface area contributed by atoms with Gasteiger partial charge in [0.05, 0.1) is 11.8 Å². The molecule has 0 unspecified atom stereocenters. The molecule has 2 aromatic rings. The van der Waals surface area contributed by atoms with Gasteiger partial charge in [-0.1, -0.05) is 6.07 Å². The van der Waals surface area contributed by atoms with Crippen molar-refractivity contribution in [1.29, 1.82) is 5.26 Å². The zero-order valence-electron chi connectivity index (χ0n) is 8.95. The molecule has 4 nitrogen and oxygen atoms in total. The molecule has 17 heavy (non-hydrogen) atoms. The minimum atomic E-state index is -0.875. The van der Waals surface area contributed by atoms with Gasteiger partial charge in [-0.15, -0.1) is 0 Å². The average molecular weight is 223 g/mol. The maximum absolute atomic E-state index is 12.1. The third-order valence-corrected chi connectivity index (χ3v) is 2.32. The van der Waals surface area contributed by atoms with Gasteiger partial charge in [0, 0.05) is 24.2 Å². The molecule has 0 saturated carbocycles. The second kappa shape index (κ2) is 4.99. The molecular formula is C13H9N3O. The van der Waals surface area contributed by atoms with E-state index in [0.717, 1.165) is 0 Å². The zero-order valence-corrected chi connectivity index (χ0v) is 8.95. The lowest BCUT2D eigenvalue weighted by Gasteiger charge is -2.06. The summed E-state index contributed by atoms with van der Waals surface area (Å²) in [5.74, 6) is -1.15. The van der Waals surface area contributed by atoms with Gasteiger partial charge in [0.15, 0.2) is 11.7 Å². The fourth-order valence-corrected chi connectivity index (χ4v) is 1.48. The van der Waals surface area contributed by atoms with Crippen molar-refractivity contribution in [1.82, 2.24) is 9.97 Å². The first-order valence-electron chi connectivity index (χ1n) is 5.07. The maximum atomic E-state index is 12.1. The fraction of sp³-hybridized carbons (Fsp3) is 0.0769. The number of ketones is 1. The Labute approximate surface area is 98.6 Å². The molecule has 0 aliphatic carbocycles. The van der Waals surface area contributed by atoms with Crippen LogP contribution in [0.5, 0.6) is 0 Å². The van der Waals surface area contributed by atoms with E-state index in [1.54, 1.807) is 42.7 Å². The lowest BCUT2D eigenvalue weighted by molar-refractivity contribution is 0.0977. The third kappa shape index (κ3) is 2.34. The van der Waals surface area contributed by atoms with Crippen molar-refractivity contribution in [2.24, 2.45) is 0 Å². The molecule has 0 spiro atoms. The molecule has 0 radical (unpaired) electrons. The summed E-state index contributed by atoms with van der Waals surface area (Å²) in [4.78, 5) is 20.0. The third-order valence-electron chi connectivity index (χ3n) is 2.32. The van der Waals surface area contributed by atoms with Crippen LogP contribution in [-0.4, -0.2) is 15.8 Å². The van der Waals surface area contributed by atoms with Crippen LogP contribution >= 0.6 is 0 Å². The first-order chi connectivity index (χ1) is 8.33. The Bertz CT molecular complexity index is 546. The maximum Gasteiger partial charge on any atom is 0.187 e. The minimum Gasteiger partial charge on any atom is -0.292 e. The SMILES string of the molecule is N#C[C@H](C(=O)c1cccnc1)c1ccccn1. The molecule has 0 aliphatic rings. The van der Waals surface area contributed by atoms with Crippen molar-refractivity contribution < 1.29 is 4.79 Å². The number of rotatable bonds is 3. The Morgan fingerprint density at radius 3 is 2.71 bits per heavy atom. The predicted molar refractivity (Wildman–Crippen MR) is 61.2 cm³/mol. The molecule has 0 saturated heterocycles. The van der Waals surface area contributed by atoms with E-state index in [1.165, 1.54) is 6.20 Å². The highest BCUT2D eigenvalue weighted by Crippen LogP contribution is 2.17. The van der Waals surface area contributed by atoms with Crippen LogP contribution in [0.3, 0.4) is 0 Å². The van der Waals surface area contributed by atoms with Crippen LogP contribution in [0.25, 0.3) is 0 Å². The molecule has 0 fully saturated rings. The van der Waals surface area contributed by atoms with Gasteiger partial charge in [-0.3, -0.25) is 14.8 Å². The second-order valence-corrected chi connectivity index (χ2v) is 3.42. The Morgan fingerprint density at radius 2 is 2.12 bits per heavy atom. The number of nitrogens with zero attached hydrogens (tertiary/aromatic N) is 3. The number of pyridine rings is 2. The van der Waals surface area contributed by atoms with Crippen LogP contribution in [0.15, 0.2) is 48.9 Å². The molecule has 0 N–H and O–H groups in total. The van der Waals surface area contributed by atoms with Crippen molar-refractivity contribution in [3.63, 3.8) is 0 Å². The summed E-state index contributed by atoms with van der Waals surface area (Å²) in [5, 5.41) is 9.08. The summed E-state index contributed by atoms with van der Waals surface area (Å²) in [6, 6.07) is 10.4. The zero-order chi connectivity index (χ0) is 12.1. The van der Waals surface area contributed by atoms with Crippen LogP contribution in [0.1, 0.15) is 22.0 Å². The van der Waals surface area contributed by atoms with Gasteiger partial charge in [-0.25, -0.2) is 0 Å². The Balaban J connectivity index is 2.33. The van der Waals surface area contributed by atoms with Crippen molar-refractivity contribution in [2.75, 3.05) is 0 Å². The summed E-state index contributed by atoms with van der Waals surface area (Å²) in [6.45, 7) is 0. The first-order valence-corrected chi connectivity index (χ1v) is 5.07. The number of carbonyl (C=O) groups excluding carboxylic acids is 1. The van der Waals surface area contributed by atoms with E-state index in [-0.39, 0.29) is 5.78 Å². The van der Waals surface area contributed by atoms with E-state index >= 15 is 0 Å². The summed E-state index contributed by atoms with van der Waals surface area (Å²) in [6.07, 6.45) is 4.60. The molecule has 4 heteroatoms. The van der Waals surface area contributed by atoms with E-state index in [2.05, 4.69) is 9.97 Å². The van der Waals surface area contributed by atoms with Crippen molar-refractivity contribution in [3.05, 3.63) is 60.2 Å². The molecule has 0 amide bonds. The largest absolute Gasteiger partial charge is 0.292 e. The summed E-state index contributed by atoms with van der Waals surface area (Å²) >= 11 is 0. The van der Waals surface area contributed by atoms with Gasteiger partial charge in [0.25, 0.3) is 0 Å². The molecule has 2 aromatic heterocycles. The molecule has 0 bridgehead atoms. The first kappa shape index (κ1) is 11.0. The smallest absolute Gasteiger partial charge is 0.187 e. The average Bonchev–Trinajstić information content (AvgIpc) is 2.42. The van der Waals surface area contributed by atoms with Gasteiger partial charge in [-0.05, 0) is 24.3 Å². The molecule has 2 heterocycles. The van der Waals surface area contributed by atoms with Crippen LogP contribution in [0.4, 0.5) is 0 Å². The van der Waals surface area contributed by atoms with Crippen molar-refractivity contribution in [3.8, 4) is 6.07 Å². The monoisotopic (exact) mass is 223 g/mol. The van der Waals surface area contributed by atoms with E-state index in [1.807, 2.05) is 6.07 Å². The summed E-state index contributed by atoms with van der Waals surface area (Å²) in [7, 11) is 0. The van der Waals surface area contributed by atoms with Crippen LogP contribution < -0.4 is 0 Å².